The summed E-state index contributed by atoms with van der Waals surface area (Å²) in [6, 6.07) is 2.85. The number of carbonyl (C=O) groups excluding carboxylic acids is 1. The molecule has 1 amide bonds. The monoisotopic (exact) mass is 334 g/mol. The molecule has 5 heteroatoms. The summed E-state index contributed by atoms with van der Waals surface area (Å²) in [5, 5.41) is 12.3. The lowest BCUT2D eigenvalue weighted by molar-refractivity contribution is -0.124. The first kappa shape index (κ1) is 19.2. The molecule has 24 heavy (non-hydrogen) atoms. The lowest BCUT2D eigenvalue weighted by Crippen LogP contribution is -2.54. The normalized spacial score (nSPS) is 26.4. The van der Waals surface area contributed by atoms with Gasteiger partial charge in [0.15, 0.2) is 0 Å². The van der Waals surface area contributed by atoms with Gasteiger partial charge >= 0.3 is 0 Å². The predicted molar refractivity (Wildman–Crippen MR) is 96.5 cm³/mol. The number of hydrogen-bond acceptors (Lipinski definition) is 4. The van der Waals surface area contributed by atoms with Crippen LogP contribution < -0.4 is 5.32 Å². The third-order valence-electron chi connectivity index (χ3n) is 5.79. The molecular formula is C19H34N4O. The number of nitrogens with zero attached hydrogens (tertiary/aromatic N) is 3. The van der Waals surface area contributed by atoms with E-state index in [4.69, 9.17) is 0 Å². The highest BCUT2D eigenvalue weighted by Crippen LogP contribution is 2.20. The molecule has 0 aliphatic carbocycles. The Morgan fingerprint density at radius 3 is 2.46 bits per heavy atom. The second-order valence-electron chi connectivity index (χ2n) is 8.00. The van der Waals surface area contributed by atoms with Crippen molar-refractivity contribution in [3.05, 3.63) is 0 Å². The fourth-order valence-electron chi connectivity index (χ4n) is 3.77. The van der Waals surface area contributed by atoms with Gasteiger partial charge in [-0.1, -0.05) is 26.7 Å². The van der Waals surface area contributed by atoms with Crippen LogP contribution >= 0.6 is 0 Å². The minimum atomic E-state index is -0.781. The van der Waals surface area contributed by atoms with Crippen molar-refractivity contribution in [2.45, 2.75) is 70.9 Å². The van der Waals surface area contributed by atoms with Gasteiger partial charge in [-0.2, -0.15) is 5.26 Å². The number of nitrogens with one attached hydrogen (secondary N) is 1. The molecule has 0 bridgehead atoms. The average molecular weight is 335 g/mol. The van der Waals surface area contributed by atoms with E-state index in [2.05, 4.69) is 21.2 Å². The van der Waals surface area contributed by atoms with Crippen LogP contribution in [0.5, 0.6) is 0 Å². The van der Waals surface area contributed by atoms with Crippen LogP contribution in [0.2, 0.25) is 0 Å². The molecule has 1 N–H and O–H groups in total. The van der Waals surface area contributed by atoms with Gasteiger partial charge in [0.05, 0.1) is 12.6 Å². The second-order valence-corrected chi connectivity index (χ2v) is 8.00. The Balaban J connectivity index is 1.86. The second kappa shape index (κ2) is 8.82. The number of rotatable bonds is 5. The molecule has 0 aromatic rings. The summed E-state index contributed by atoms with van der Waals surface area (Å²) in [6.07, 6.45) is 7.75. The van der Waals surface area contributed by atoms with Crippen LogP contribution in [0.4, 0.5) is 0 Å². The van der Waals surface area contributed by atoms with Gasteiger partial charge in [0, 0.05) is 12.6 Å². The largest absolute Gasteiger partial charge is 0.337 e. The highest BCUT2D eigenvalue weighted by atomic mass is 16.2. The lowest BCUT2D eigenvalue weighted by atomic mass is 9.90. The van der Waals surface area contributed by atoms with Gasteiger partial charge in [0.25, 0.3) is 0 Å². The van der Waals surface area contributed by atoms with E-state index in [-0.39, 0.29) is 11.8 Å². The van der Waals surface area contributed by atoms with E-state index in [1.54, 1.807) is 0 Å². The van der Waals surface area contributed by atoms with Crippen molar-refractivity contribution in [3.8, 4) is 6.07 Å². The first-order valence-electron chi connectivity index (χ1n) is 9.63. The fraction of sp³-hybridized carbons (Fsp3) is 0.895. The van der Waals surface area contributed by atoms with Crippen LogP contribution in [-0.2, 0) is 4.79 Å². The number of likely N-dealkylation sites (tertiary alicyclic amines) is 2. The van der Waals surface area contributed by atoms with E-state index in [9.17, 15) is 10.1 Å². The molecule has 0 radical (unpaired) electrons. The molecule has 2 aliphatic rings. The van der Waals surface area contributed by atoms with Crippen LogP contribution in [0.15, 0.2) is 0 Å². The maximum atomic E-state index is 12.4. The Bertz CT molecular complexity index is 451. The van der Waals surface area contributed by atoms with E-state index in [0.717, 1.165) is 19.5 Å². The molecule has 0 saturated carbocycles. The summed E-state index contributed by atoms with van der Waals surface area (Å²) in [7, 11) is 0. The van der Waals surface area contributed by atoms with Crippen molar-refractivity contribution in [2.75, 3.05) is 32.7 Å². The maximum absolute atomic E-state index is 12.4. The molecule has 136 valence electrons. The molecule has 2 rings (SSSR count). The van der Waals surface area contributed by atoms with Crippen molar-refractivity contribution < 1.29 is 4.79 Å². The smallest absolute Gasteiger partial charge is 0.235 e. The van der Waals surface area contributed by atoms with E-state index in [0.29, 0.717) is 12.6 Å². The van der Waals surface area contributed by atoms with Crippen LogP contribution in [0.25, 0.3) is 0 Å². The summed E-state index contributed by atoms with van der Waals surface area (Å²) in [6.45, 7) is 10.6. The molecule has 0 aromatic carbocycles. The molecule has 2 heterocycles. The fourth-order valence-corrected chi connectivity index (χ4v) is 3.77. The van der Waals surface area contributed by atoms with Crippen molar-refractivity contribution in [2.24, 2.45) is 5.92 Å². The molecule has 2 atom stereocenters. The Kier molecular flexibility index (Phi) is 7.06. The van der Waals surface area contributed by atoms with Crippen molar-refractivity contribution >= 4 is 5.91 Å². The van der Waals surface area contributed by atoms with E-state index in [1.165, 1.54) is 45.2 Å². The predicted octanol–water partition coefficient (Wildman–Crippen LogP) is 2.38. The van der Waals surface area contributed by atoms with Gasteiger partial charge in [-0.15, -0.1) is 0 Å². The minimum absolute atomic E-state index is 0.0238. The van der Waals surface area contributed by atoms with Gasteiger partial charge in [-0.25, -0.2) is 0 Å². The highest BCUT2D eigenvalue weighted by molar-refractivity contribution is 5.79. The molecule has 5 nitrogen and oxygen atoms in total. The summed E-state index contributed by atoms with van der Waals surface area (Å²) in [5.41, 5.74) is -0.781. The first-order valence-corrected chi connectivity index (χ1v) is 9.63. The van der Waals surface area contributed by atoms with Crippen LogP contribution in [-0.4, -0.2) is 60.0 Å². The zero-order valence-electron chi connectivity index (χ0n) is 15.7. The van der Waals surface area contributed by atoms with Gasteiger partial charge in [-0.3, -0.25) is 14.6 Å². The van der Waals surface area contributed by atoms with Crippen LogP contribution in [0.3, 0.4) is 0 Å². The standard InChI is InChI=1S/C19H34N4O/c1-16(2)19(3,15-20)21-18(24)14-22-10-8-9-17(13-22)23-11-6-4-5-7-12-23/h16-17H,4-14H2,1-3H3,(H,21,24)/t17-,19+/m0/s1. The third-order valence-corrected chi connectivity index (χ3v) is 5.79. The molecule has 0 spiro atoms. The minimum Gasteiger partial charge on any atom is -0.337 e. The van der Waals surface area contributed by atoms with Gasteiger partial charge < -0.3 is 5.32 Å². The topological polar surface area (TPSA) is 59.4 Å². The molecule has 2 aliphatic heterocycles. The number of amides is 1. The van der Waals surface area contributed by atoms with E-state index >= 15 is 0 Å². The van der Waals surface area contributed by atoms with E-state index < -0.39 is 5.54 Å². The summed E-state index contributed by atoms with van der Waals surface area (Å²) < 4.78 is 0. The zero-order valence-corrected chi connectivity index (χ0v) is 15.7. The first-order chi connectivity index (χ1) is 11.4. The van der Waals surface area contributed by atoms with Gasteiger partial charge in [-0.05, 0) is 58.2 Å². The van der Waals surface area contributed by atoms with Gasteiger partial charge in [0.1, 0.15) is 5.54 Å². The van der Waals surface area contributed by atoms with Crippen molar-refractivity contribution in [3.63, 3.8) is 0 Å². The average Bonchev–Trinajstić information content (AvgIpc) is 2.84. The zero-order chi connectivity index (χ0) is 17.6. The SMILES string of the molecule is CC(C)[C@@](C)(C#N)NC(=O)CN1CCC[C@H](N2CCCCCC2)C1. The number of hydrogen-bond donors (Lipinski definition) is 1. The van der Waals surface area contributed by atoms with Gasteiger partial charge in [0.2, 0.25) is 5.91 Å². The Labute approximate surface area is 147 Å². The van der Waals surface area contributed by atoms with Crippen LogP contribution in [0, 0.1) is 17.2 Å². The maximum Gasteiger partial charge on any atom is 0.235 e. The van der Waals surface area contributed by atoms with E-state index in [1.807, 2.05) is 20.8 Å². The molecule has 2 saturated heterocycles. The Morgan fingerprint density at radius 1 is 1.21 bits per heavy atom. The summed E-state index contributed by atoms with van der Waals surface area (Å²) >= 11 is 0. The molecule has 2 fully saturated rings. The molecular weight excluding hydrogens is 300 g/mol. The van der Waals surface area contributed by atoms with Crippen LogP contribution in [0.1, 0.15) is 59.3 Å². The lowest BCUT2D eigenvalue weighted by Gasteiger charge is -2.39. The highest BCUT2D eigenvalue weighted by Gasteiger charge is 2.32. The summed E-state index contributed by atoms with van der Waals surface area (Å²) in [5.74, 6) is 0.0712. The number of piperidine rings is 1. The molecule has 0 unspecified atom stereocenters. The number of nitriles is 1. The third kappa shape index (κ3) is 5.19. The quantitative estimate of drug-likeness (QED) is 0.838. The Hall–Kier alpha value is -1.12. The van der Waals surface area contributed by atoms with Crippen molar-refractivity contribution in [1.82, 2.24) is 15.1 Å². The molecule has 0 aromatic heterocycles. The van der Waals surface area contributed by atoms with Crippen molar-refractivity contribution in [1.29, 1.82) is 5.26 Å². The number of carbonyl (C=O) groups is 1. The summed E-state index contributed by atoms with van der Waals surface area (Å²) in [4.78, 5) is 17.3. The Morgan fingerprint density at radius 2 is 1.88 bits per heavy atom.